The van der Waals surface area contributed by atoms with E-state index in [2.05, 4.69) is 48.5 Å². The molecule has 1 aromatic carbocycles. The Bertz CT molecular complexity index is 1310. The molecule has 2 atom stereocenters. The van der Waals surface area contributed by atoms with E-state index in [0.717, 1.165) is 54.5 Å². The predicted molar refractivity (Wildman–Crippen MR) is 128 cm³/mol. The third-order valence-corrected chi connectivity index (χ3v) is 7.29. The van der Waals surface area contributed by atoms with Crippen LogP contribution in [0.1, 0.15) is 70.2 Å². The molecule has 1 spiro atoms. The van der Waals surface area contributed by atoms with Crippen LogP contribution in [0.5, 0.6) is 0 Å². The van der Waals surface area contributed by atoms with Gasteiger partial charge in [0.25, 0.3) is 0 Å². The van der Waals surface area contributed by atoms with Gasteiger partial charge in [0.15, 0.2) is 0 Å². The topological polar surface area (TPSA) is 97.2 Å². The molecule has 34 heavy (non-hydrogen) atoms. The molecule has 0 unspecified atom stereocenters. The summed E-state index contributed by atoms with van der Waals surface area (Å²) in [5.41, 5.74) is 3.38. The van der Waals surface area contributed by atoms with Crippen molar-refractivity contribution in [2.75, 3.05) is 11.4 Å². The zero-order valence-corrected chi connectivity index (χ0v) is 20.5. The van der Waals surface area contributed by atoms with Gasteiger partial charge in [-0.05, 0) is 56.2 Å². The van der Waals surface area contributed by atoms with Crippen molar-refractivity contribution in [2.45, 2.75) is 77.9 Å². The summed E-state index contributed by atoms with van der Waals surface area (Å²) in [5, 5.41) is 13.6. The standard InChI is InChI=1S/C26H31N5O3/c1-17-21(24(2,3)4)29-34-22(17)31-15-26(33-23(31)32)10-6-9-25(5,13-26)14-30-16-28-19-8-7-18(12-27)11-20(19)30/h7-8,11,16H,6,9-10,13-15H2,1-5H3/t25-,26-/m0/s1. The van der Waals surface area contributed by atoms with Crippen LogP contribution in [0, 0.1) is 23.7 Å². The summed E-state index contributed by atoms with van der Waals surface area (Å²) in [6, 6.07) is 7.78. The van der Waals surface area contributed by atoms with E-state index in [1.807, 2.05) is 25.4 Å². The van der Waals surface area contributed by atoms with E-state index >= 15 is 0 Å². The highest BCUT2D eigenvalue weighted by molar-refractivity contribution is 5.89. The second kappa shape index (κ2) is 7.59. The molecule has 2 aliphatic rings. The first kappa shape index (κ1) is 22.5. The maximum Gasteiger partial charge on any atom is 0.417 e. The first-order valence-corrected chi connectivity index (χ1v) is 11.8. The van der Waals surface area contributed by atoms with Gasteiger partial charge in [-0.3, -0.25) is 0 Å². The van der Waals surface area contributed by atoms with Crippen LogP contribution >= 0.6 is 0 Å². The smallest absolute Gasteiger partial charge is 0.417 e. The van der Waals surface area contributed by atoms with Crippen molar-refractivity contribution in [1.82, 2.24) is 14.7 Å². The average Bonchev–Trinajstić information content (AvgIpc) is 3.42. The molecule has 1 aliphatic carbocycles. The number of nitrogens with zero attached hydrogens (tertiary/aromatic N) is 5. The minimum Gasteiger partial charge on any atom is -0.441 e. The van der Waals surface area contributed by atoms with Crippen LogP contribution in [0.4, 0.5) is 10.7 Å². The summed E-state index contributed by atoms with van der Waals surface area (Å²) in [6.07, 6.45) is 5.05. The normalized spacial score (nSPS) is 25.2. The van der Waals surface area contributed by atoms with Crippen molar-refractivity contribution >= 4 is 23.0 Å². The van der Waals surface area contributed by atoms with Gasteiger partial charge in [0.05, 0.1) is 41.2 Å². The molecule has 1 saturated heterocycles. The Labute approximate surface area is 199 Å². The molecule has 2 aromatic heterocycles. The minimum absolute atomic E-state index is 0.0855. The first-order chi connectivity index (χ1) is 16.0. The molecule has 1 aliphatic heterocycles. The molecule has 8 nitrogen and oxygen atoms in total. The van der Waals surface area contributed by atoms with Crippen molar-refractivity contribution < 1.29 is 14.1 Å². The van der Waals surface area contributed by atoms with Crippen molar-refractivity contribution in [3.63, 3.8) is 0 Å². The van der Waals surface area contributed by atoms with E-state index in [1.165, 1.54) is 0 Å². The number of carbonyl (C=O) groups is 1. The van der Waals surface area contributed by atoms with E-state index in [-0.39, 0.29) is 16.9 Å². The first-order valence-electron chi connectivity index (χ1n) is 11.8. The Hall–Kier alpha value is -3.34. The van der Waals surface area contributed by atoms with Gasteiger partial charge in [-0.1, -0.05) is 32.9 Å². The summed E-state index contributed by atoms with van der Waals surface area (Å²) in [7, 11) is 0. The maximum absolute atomic E-state index is 13.0. The summed E-state index contributed by atoms with van der Waals surface area (Å²) >= 11 is 0. The molecular weight excluding hydrogens is 430 g/mol. The molecule has 0 bridgehead atoms. The van der Waals surface area contributed by atoms with Crippen molar-refractivity contribution in [3.05, 3.63) is 41.3 Å². The predicted octanol–water partition coefficient (Wildman–Crippen LogP) is 5.48. The zero-order chi connectivity index (χ0) is 24.3. The largest absolute Gasteiger partial charge is 0.441 e. The minimum atomic E-state index is -0.556. The molecule has 5 rings (SSSR count). The molecule has 0 N–H and O–H groups in total. The number of hydrogen-bond acceptors (Lipinski definition) is 6. The molecule has 1 amide bonds. The summed E-state index contributed by atoms with van der Waals surface area (Å²) in [5.74, 6) is 0.490. The number of hydrogen-bond donors (Lipinski definition) is 0. The van der Waals surface area contributed by atoms with Crippen LogP contribution in [0.15, 0.2) is 29.0 Å². The molecule has 3 heterocycles. The van der Waals surface area contributed by atoms with Crippen LogP contribution in [0.3, 0.4) is 0 Å². The monoisotopic (exact) mass is 461 g/mol. The molecular formula is C26H31N5O3. The lowest BCUT2D eigenvalue weighted by atomic mass is 9.68. The Balaban J connectivity index is 1.40. The van der Waals surface area contributed by atoms with E-state index < -0.39 is 5.60 Å². The second-order valence-corrected chi connectivity index (χ2v) is 11.4. The number of carbonyl (C=O) groups excluding carboxylic acids is 1. The Morgan fingerprint density at radius 2 is 2.06 bits per heavy atom. The van der Waals surface area contributed by atoms with Gasteiger partial charge in [0.1, 0.15) is 5.60 Å². The lowest BCUT2D eigenvalue weighted by Crippen LogP contribution is -2.45. The third-order valence-electron chi connectivity index (χ3n) is 7.29. The number of benzene rings is 1. The summed E-state index contributed by atoms with van der Waals surface area (Å²) < 4.78 is 13.9. The van der Waals surface area contributed by atoms with E-state index in [0.29, 0.717) is 18.0 Å². The Morgan fingerprint density at radius 3 is 2.76 bits per heavy atom. The van der Waals surface area contributed by atoms with Gasteiger partial charge in [0.2, 0.25) is 5.88 Å². The highest BCUT2D eigenvalue weighted by Gasteiger charge is 2.53. The molecule has 1 saturated carbocycles. The van der Waals surface area contributed by atoms with E-state index in [1.54, 1.807) is 11.0 Å². The fourth-order valence-corrected chi connectivity index (χ4v) is 5.87. The van der Waals surface area contributed by atoms with Crippen LogP contribution in [0.2, 0.25) is 0 Å². The molecule has 0 radical (unpaired) electrons. The number of amides is 1. The van der Waals surface area contributed by atoms with Crippen LogP contribution in [-0.4, -0.2) is 32.9 Å². The quantitative estimate of drug-likeness (QED) is 0.512. The van der Waals surface area contributed by atoms with E-state index in [9.17, 15) is 10.1 Å². The number of ether oxygens (including phenoxy) is 1. The zero-order valence-electron chi connectivity index (χ0n) is 20.5. The van der Waals surface area contributed by atoms with Crippen LogP contribution in [0.25, 0.3) is 11.0 Å². The molecule has 178 valence electrons. The lowest BCUT2D eigenvalue weighted by Gasteiger charge is -2.43. The number of anilines is 1. The van der Waals surface area contributed by atoms with Crippen molar-refractivity contribution in [2.24, 2.45) is 5.41 Å². The van der Waals surface area contributed by atoms with Crippen LogP contribution < -0.4 is 4.90 Å². The van der Waals surface area contributed by atoms with Gasteiger partial charge in [0, 0.05) is 17.5 Å². The maximum atomic E-state index is 13.0. The Morgan fingerprint density at radius 1 is 1.26 bits per heavy atom. The van der Waals surface area contributed by atoms with Gasteiger partial charge < -0.3 is 13.8 Å². The van der Waals surface area contributed by atoms with Gasteiger partial charge in [-0.2, -0.15) is 5.26 Å². The van der Waals surface area contributed by atoms with Crippen molar-refractivity contribution in [3.8, 4) is 6.07 Å². The fourth-order valence-electron chi connectivity index (χ4n) is 5.87. The Kier molecular flexibility index (Phi) is 5.01. The number of imidazole rings is 1. The molecule has 3 aromatic rings. The fraction of sp³-hybridized carbons (Fsp3) is 0.538. The SMILES string of the molecule is Cc1c(C(C)(C)C)noc1N1C[C@@]2(CCC[C@](C)(Cn3cnc4ccc(C#N)cc43)C2)OC1=O. The van der Waals surface area contributed by atoms with E-state index in [4.69, 9.17) is 9.26 Å². The average molecular weight is 462 g/mol. The van der Waals surface area contributed by atoms with Crippen molar-refractivity contribution in [1.29, 1.82) is 5.26 Å². The number of aromatic nitrogens is 3. The number of fused-ring (bicyclic) bond motifs is 1. The third kappa shape index (κ3) is 3.73. The number of rotatable bonds is 3. The highest BCUT2D eigenvalue weighted by atomic mass is 16.6. The number of nitriles is 1. The van der Waals surface area contributed by atoms with Crippen LogP contribution in [-0.2, 0) is 16.7 Å². The molecule has 8 heteroatoms. The molecule has 2 fully saturated rings. The van der Waals surface area contributed by atoms with Gasteiger partial charge in [-0.15, -0.1) is 0 Å². The lowest BCUT2D eigenvalue weighted by molar-refractivity contribution is -0.0264. The highest BCUT2D eigenvalue weighted by Crippen LogP contribution is 2.48. The summed E-state index contributed by atoms with van der Waals surface area (Å²) in [4.78, 5) is 19.1. The van der Waals surface area contributed by atoms with Gasteiger partial charge >= 0.3 is 6.09 Å². The summed E-state index contributed by atoms with van der Waals surface area (Å²) in [6.45, 7) is 11.7. The van der Waals surface area contributed by atoms with Gasteiger partial charge in [-0.25, -0.2) is 14.7 Å². The second-order valence-electron chi connectivity index (χ2n) is 11.4.